The summed E-state index contributed by atoms with van der Waals surface area (Å²) in [7, 11) is -3.71. The van der Waals surface area contributed by atoms with E-state index in [-0.39, 0.29) is 11.5 Å². The zero-order chi connectivity index (χ0) is 14.0. The van der Waals surface area contributed by atoms with Crippen molar-refractivity contribution < 1.29 is 13.5 Å². The molecule has 0 saturated carbocycles. The van der Waals surface area contributed by atoms with Crippen LogP contribution in [0.25, 0.3) is 0 Å². The van der Waals surface area contributed by atoms with Crippen molar-refractivity contribution >= 4 is 38.6 Å². The molecule has 102 valence electrons. The van der Waals surface area contributed by atoms with Gasteiger partial charge in [-0.2, -0.15) is 0 Å². The molecule has 0 bridgehead atoms. The lowest BCUT2D eigenvalue weighted by molar-refractivity contribution is 0.282. The molecular weight excluding hydrogens is 306 g/mol. The molecule has 0 atom stereocenters. The van der Waals surface area contributed by atoms with Gasteiger partial charge in [0.15, 0.2) is 0 Å². The third kappa shape index (κ3) is 2.92. The van der Waals surface area contributed by atoms with E-state index >= 15 is 0 Å². The molecule has 19 heavy (non-hydrogen) atoms. The summed E-state index contributed by atoms with van der Waals surface area (Å²) in [5.41, 5.74) is 1.09. The first-order valence-electron chi connectivity index (χ1n) is 5.41. The number of hydrogen-bond donors (Lipinski definition) is 2. The fourth-order valence-corrected chi connectivity index (χ4v) is 4.19. The van der Waals surface area contributed by atoms with Gasteiger partial charge in [-0.25, -0.2) is 8.42 Å². The second-order valence-corrected chi connectivity index (χ2v) is 6.94. The first-order chi connectivity index (χ1) is 8.95. The molecule has 0 amide bonds. The molecule has 1 aromatic carbocycles. The van der Waals surface area contributed by atoms with Gasteiger partial charge in [-0.1, -0.05) is 17.7 Å². The van der Waals surface area contributed by atoms with Gasteiger partial charge in [0.1, 0.15) is 4.90 Å². The third-order valence-corrected chi connectivity index (χ3v) is 5.54. The van der Waals surface area contributed by atoms with Gasteiger partial charge in [-0.3, -0.25) is 4.72 Å². The number of hydrogen-bond acceptors (Lipinski definition) is 4. The molecule has 2 rings (SSSR count). The predicted octanol–water partition coefficient (Wildman–Crippen LogP) is 3.00. The van der Waals surface area contributed by atoms with Gasteiger partial charge in [0, 0.05) is 5.02 Å². The Balaban J connectivity index is 2.40. The maximum atomic E-state index is 12.2. The monoisotopic (exact) mass is 317 g/mol. The van der Waals surface area contributed by atoms with Crippen LogP contribution in [0.3, 0.4) is 0 Å². The van der Waals surface area contributed by atoms with E-state index in [0.29, 0.717) is 21.2 Å². The Bertz CT molecular complexity index is 695. The number of aliphatic hydroxyl groups excluding tert-OH is 1. The zero-order valence-corrected chi connectivity index (χ0v) is 12.4. The lowest BCUT2D eigenvalue weighted by Crippen LogP contribution is -2.14. The average molecular weight is 318 g/mol. The molecule has 0 aliphatic heterocycles. The van der Waals surface area contributed by atoms with Crippen molar-refractivity contribution in [3.05, 3.63) is 45.1 Å². The van der Waals surface area contributed by atoms with E-state index in [1.807, 2.05) is 0 Å². The normalized spacial score (nSPS) is 11.5. The van der Waals surface area contributed by atoms with Gasteiger partial charge < -0.3 is 5.11 Å². The van der Waals surface area contributed by atoms with Crippen LogP contribution in [0.4, 0.5) is 5.69 Å². The Hall–Kier alpha value is -1.08. The van der Waals surface area contributed by atoms with Crippen molar-refractivity contribution in [2.24, 2.45) is 0 Å². The number of rotatable bonds is 4. The Morgan fingerprint density at radius 1 is 1.37 bits per heavy atom. The Morgan fingerprint density at radius 2 is 2.11 bits per heavy atom. The summed E-state index contributed by atoms with van der Waals surface area (Å²) in [5, 5.41) is 11.3. The summed E-state index contributed by atoms with van der Waals surface area (Å²) in [5.74, 6) is 0. The van der Waals surface area contributed by atoms with E-state index in [2.05, 4.69) is 4.72 Å². The van der Waals surface area contributed by atoms with Crippen molar-refractivity contribution in [1.29, 1.82) is 0 Å². The molecule has 0 aliphatic rings. The predicted molar refractivity (Wildman–Crippen MR) is 77.2 cm³/mol. The molecule has 4 nitrogen and oxygen atoms in total. The highest BCUT2D eigenvalue weighted by atomic mass is 35.5. The van der Waals surface area contributed by atoms with Gasteiger partial charge in [0.2, 0.25) is 0 Å². The molecule has 2 N–H and O–H groups in total. The summed E-state index contributed by atoms with van der Waals surface area (Å²) >= 11 is 7.15. The number of aliphatic hydroxyl groups is 1. The van der Waals surface area contributed by atoms with E-state index in [1.54, 1.807) is 30.5 Å². The van der Waals surface area contributed by atoms with Crippen LogP contribution in [0, 0.1) is 6.92 Å². The molecule has 0 fully saturated rings. The van der Waals surface area contributed by atoms with Crippen LogP contribution >= 0.6 is 22.9 Å². The minimum absolute atomic E-state index is 0.0966. The molecule has 7 heteroatoms. The van der Waals surface area contributed by atoms with Crippen LogP contribution in [0.1, 0.15) is 10.4 Å². The minimum atomic E-state index is -3.71. The number of thiophene rings is 1. The highest BCUT2D eigenvalue weighted by molar-refractivity contribution is 7.93. The van der Waals surface area contributed by atoms with Crippen LogP contribution in [0.15, 0.2) is 34.5 Å². The second kappa shape index (κ2) is 5.50. The summed E-state index contributed by atoms with van der Waals surface area (Å²) in [6, 6.07) is 6.48. The van der Waals surface area contributed by atoms with Gasteiger partial charge in [-0.15, -0.1) is 11.3 Å². The van der Waals surface area contributed by atoms with Crippen molar-refractivity contribution in [3.63, 3.8) is 0 Å². The number of nitrogens with one attached hydrogen (secondary N) is 1. The van der Waals surface area contributed by atoms with Crippen LogP contribution in [0.2, 0.25) is 5.02 Å². The fraction of sp³-hybridized carbons (Fsp3) is 0.167. The van der Waals surface area contributed by atoms with Gasteiger partial charge in [-0.05, 0) is 36.1 Å². The molecular formula is C12H12ClNO3S2. The molecule has 0 saturated heterocycles. The Labute approximate surface area is 120 Å². The van der Waals surface area contributed by atoms with E-state index in [9.17, 15) is 8.42 Å². The number of benzene rings is 1. The molecule has 2 aromatic rings. The van der Waals surface area contributed by atoms with Gasteiger partial charge >= 0.3 is 0 Å². The summed E-state index contributed by atoms with van der Waals surface area (Å²) in [6.07, 6.45) is 0. The summed E-state index contributed by atoms with van der Waals surface area (Å²) < 4.78 is 27.0. The van der Waals surface area contributed by atoms with E-state index in [4.69, 9.17) is 16.7 Å². The average Bonchev–Trinajstić information content (AvgIpc) is 2.84. The summed E-state index contributed by atoms with van der Waals surface area (Å²) in [4.78, 5) is 0.506. The largest absolute Gasteiger partial charge is 0.391 e. The molecule has 0 radical (unpaired) electrons. The SMILES string of the molecule is Cc1c(Cl)cccc1NS(=O)(=O)c1ccsc1CO. The highest BCUT2D eigenvalue weighted by Gasteiger charge is 2.20. The van der Waals surface area contributed by atoms with E-state index in [1.165, 1.54) is 17.4 Å². The maximum absolute atomic E-state index is 12.2. The first-order valence-corrected chi connectivity index (χ1v) is 8.15. The molecule has 1 aromatic heterocycles. The van der Waals surface area contributed by atoms with Crippen molar-refractivity contribution in [1.82, 2.24) is 0 Å². The Morgan fingerprint density at radius 3 is 2.79 bits per heavy atom. The van der Waals surface area contributed by atoms with Crippen molar-refractivity contribution in [3.8, 4) is 0 Å². The van der Waals surface area contributed by atoms with Gasteiger partial charge in [0.05, 0.1) is 17.2 Å². The molecule has 0 spiro atoms. The minimum Gasteiger partial charge on any atom is -0.391 e. The lowest BCUT2D eigenvalue weighted by atomic mass is 10.2. The molecule has 0 unspecified atom stereocenters. The highest BCUT2D eigenvalue weighted by Crippen LogP contribution is 2.28. The van der Waals surface area contributed by atoms with Crippen molar-refractivity contribution in [2.45, 2.75) is 18.4 Å². The van der Waals surface area contributed by atoms with Gasteiger partial charge in [0.25, 0.3) is 10.0 Å². The second-order valence-electron chi connectivity index (χ2n) is 3.88. The third-order valence-electron chi connectivity index (χ3n) is 2.65. The standard InChI is InChI=1S/C12H12ClNO3S2/c1-8-9(13)3-2-4-10(8)14-19(16,17)12-5-6-18-11(12)7-15/h2-6,14-15H,7H2,1H3. The van der Waals surface area contributed by atoms with Crippen LogP contribution in [-0.4, -0.2) is 13.5 Å². The number of halogens is 1. The fourth-order valence-electron chi connectivity index (χ4n) is 1.60. The maximum Gasteiger partial charge on any atom is 0.263 e. The molecule has 1 heterocycles. The van der Waals surface area contributed by atoms with Crippen LogP contribution < -0.4 is 4.72 Å². The van der Waals surface area contributed by atoms with E-state index < -0.39 is 10.0 Å². The zero-order valence-electron chi connectivity index (χ0n) is 10.1. The topological polar surface area (TPSA) is 66.4 Å². The quantitative estimate of drug-likeness (QED) is 0.911. The Kier molecular flexibility index (Phi) is 4.15. The lowest BCUT2D eigenvalue weighted by Gasteiger charge is -2.11. The summed E-state index contributed by atoms with van der Waals surface area (Å²) in [6.45, 7) is 1.43. The number of sulfonamides is 1. The van der Waals surface area contributed by atoms with Crippen molar-refractivity contribution in [2.75, 3.05) is 4.72 Å². The molecule has 0 aliphatic carbocycles. The van der Waals surface area contributed by atoms with Crippen LogP contribution in [0.5, 0.6) is 0 Å². The first kappa shape index (κ1) is 14.3. The van der Waals surface area contributed by atoms with Crippen LogP contribution in [-0.2, 0) is 16.6 Å². The number of anilines is 1. The smallest absolute Gasteiger partial charge is 0.263 e. The van der Waals surface area contributed by atoms with E-state index in [0.717, 1.165) is 0 Å².